The SMILES string of the molecule is COc1ccc(C)cc1N(CC(=O)N(Cc1ccccc1C)C(Cc1ccccc1)C(=O)NC(C)C)S(C)(=O)=O. The van der Waals surface area contributed by atoms with E-state index < -0.39 is 28.5 Å². The van der Waals surface area contributed by atoms with Crippen LogP contribution < -0.4 is 14.4 Å². The maximum atomic E-state index is 14.2. The molecular weight excluding hydrogens is 526 g/mol. The summed E-state index contributed by atoms with van der Waals surface area (Å²) in [6.07, 6.45) is 1.32. The van der Waals surface area contributed by atoms with Crippen molar-refractivity contribution >= 4 is 27.5 Å². The zero-order chi connectivity index (χ0) is 29.4. The van der Waals surface area contributed by atoms with Crippen LogP contribution in [-0.2, 0) is 32.6 Å². The molecule has 0 saturated carbocycles. The molecule has 0 spiro atoms. The first kappa shape index (κ1) is 30.7. The fraction of sp³-hybridized carbons (Fsp3) is 0.355. The average Bonchev–Trinajstić information content (AvgIpc) is 2.89. The van der Waals surface area contributed by atoms with Gasteiger partial charge >= 0.3 is 0 Å². The Hall–Kier alpha value is -3.85. The minimum absolute atomic E-state index is 0.136. The number of nitrogens with zero attached hydrogens (tertiary/aromatic N) is 2. The smallest absolute Gasteiger partial charge is 0.244 e. The molecule has 1 atom stereocenters. The molecule has 3 aromatic rings. The molecule has 40 heavy (non-hydrogen) atoms. The standard InChI is InChI=1S/C31H39N3O5S/c1-22(2)32-31(36)28(19-25-13-8-7-9-14-25)33(20-26-15-11-10-12-24(26)4)30(35)21-34(40(6,37)38)27-18-23(3)16-17-29(27)39-5/h7-18,22,28H,19-21H2,1-6H3,(H,32,36). The number of rotatable bonds is 12. The van der Waals surface area contributed by atoms with E-state index >= 15 is 0 Å². The number of anilines is 1. The molecule has 214 valence electrons. The number of methoxy groups -OCH3 is 1. The van der Waals surface area contributed by atoms with Crippen LogP contribution in [0, 0.1) is 13.8 Å². The molecule has 0 aliphatic carbocycles. The van der Waals surface area contributed by atoms with Crippen LogP contribution >= 0.6 is 0 Å². The molecule has 0 saturated heterocycles. The second-order valence-electron chi connectivity index (χ2n) is 10.3. The van der Waals surface area contributed by atoms with Crippen LogP contribution in [0.25, 0.3) is 0 Å². The Balaban J connectivity index is 2.11. The van der Waals surface area contributed by atoms with Gasteiger partial charge in [-0.25, -0.2) is 8.42 Å². The Bertz CT molecular complexity index is 1420. The highest BCUT2D eigenvalue weighted by Gasteiger charge is 2.34. The van der Waals surface area contributed by atoms with Gasteiger partial charge in [-0.2, -0.15) is 0 Å². The number of carbonyl (C=O) groups is 2. The predicted molar refractivity (Wildman–Crippen MR) is 159 cm³/mol. The van der Waals surface area contributed by atoms with E-state index in [1.54, 1.807) is 18.2 Å². The molecule has 9 heteroatoms. The van der Waals surface area contributed by atoms with Crippen molar-refractivity contribution in [3.63, 3.8) is 0 Å². The van der Waals surface area contributed by atoms with Gasteiger partial charge in [-0.05, 0) is 62.1 Å². The third-order valence-electron chi connectivity index (χ3n) is 6.59. The van der Waals surface area contributed by atoms with E-state index in [4.69, 9.17) is 4.74 Å². The molecule has 0 radical (unpaired) electrons. The fourth-order valence-electron chi connectivity index (χ4n) is 4.50. The number of aryl methyl sites for hydroxylation is 2. The Morgan fingerprint density at radius 1 is 0.950 bits per heavy atom. The molecule has 3 aromatic carbocycles. The van der Waals surface area contributed by atoms with E-state index in [-0.39, 0.29) is 30.6 Å². The quantitative estimate of drug-likeness (QED) is 0.354. The maximum absolute atomic E-state index is 14.2. The van der Waals surface area contributed by atoms with Gasteiger partial charge in [0.2, 0.25) is 21.8 Å². The van der Waals surface area contributed by atoms with Crippen molar-refractivity contribution in [2.45, 2.75) is 52.7 Å². The van der Waals surface area contributed by atoms with E-state index in [0.29, 0.717) is 5.75 Å². The van der Waals surface area contributed by atoms with Gasteiger partial charge in [0.25, 0.3) is 0 Å². The van der Waals surface area contributed by atoms with Gasteiger partial charge in [-0.1, -0.05) is 60.7 Å². The van der Waals surface area contributed by atoms with Crippen molar-refractivity contribution in [3.8, 4) is 5.75 Å². The van der Waals surface area contributed by atoms with Crippen molar-refractivity contribution in [2.24, 2.45) is 0 Å². The first-order valence-corrected chi connectivity index (χ1v) is 15.1. The summed E-state index contributed by atoms with van der Waals surface area (Å²) in [4.78, 5) is 29.3. The Labute approximate surface area is 238 Å². The lowest BCUT2D eigenvalue weighted by Crippen LogP contribution is -2.54. The van der Waals surface area contributed by atoms with E-state index in [2.05, 4.69) is 5.32 Å². The lowest BCUT2D eigenvalue weighted by Gasteiger charge is -2.34. The predicted octanol–water partition coefficient (Wildman–Crippen LogP) is 4.24. The van der Waals surface area contributed by atoms with Crippen molar-refractivity contribution in [1.82, 2.24) is 10.2 Å². The highest BCUT2D eigenvalue weighted by molar-refractivity contribution is 7.92. The number of sulfonamides is 1. The number of hydrogen-bond acceptors (Lipinski definition) is 5. The van der Waals surface area contributed by atoms with Crippen LogP contribution in [0.5, 0.6) is 5.75 Å². The Kier molecular flexibility index (Phi) is 10.3. The minimum atomic E-state index is -3.90. The molecular formula is C31H39N3O5S. The van der Waals surface area contributed by atoms with E-state index in [1.165, 1.54) is 12.0 Å². The number of carbonyl (C=O) groups excluding carboxylic acids is 2. The van der Waals surface area contributed by atoms with E-state index in [0.717, 1.165) is 32.8 Å². The lowest BCUT2D eigenvalue weighted by atomic mass is 10.0. The van der Waals surface area contributed by atoms with E-state index in [9.17, 15) is 18.0 Å². The minimum Gasteiger partial charge on any atom is -0.495 e. The molecule has 8 nitrogen and oxygen atoms in total. The molecule has 0 heterocycles. The van der Waals surface area contributed by atoms with Crippen LogP contribution in [0.1, 0.15) is 36.1 Å². The van der Waals surface area contributed by atoms with Gasteiger partial charge in [0, 0.05) is 19.0 Å². The van der Waals surface area contributed by atoms with Gasteiger partial charge in [0.15, 0.2) is 0 Å². The number of amides is 2. The van der Waals surface area contributed by atoms with Gasteiger partial charge in [0.05, 0.1) is 19.1 Å². The topological polar surface area (TPSA) is 96.0 Å². The summed E-state index contributed by atoms with van der Waals surface area (Å²) in [5.74, 6) is -0.482. The van der Waals surface area contributed by atoms with Crippen LogP contribution in [0.3, 0.4) is 0 Å². The Morgan fingerprint density at radius 3 is 2.20 bits per heavy atom. The molecule has 2 amide bonds. The number of nitrogens with one attached hydrogen (secondary N) is 1. The summed E-state index contributed by atoms with van der Waals surface area (Å²) in [6, 6.07) is 21.3. The van der Waals surface area contributed by atoms with Gasteiger partial charge in [0.1, 0.15) is 18.3 Å². The van der Waals surface area contributed by atoms with Crippen LogP contribution in [-0.4, -0.2) is 57.1 Å². The number of benzene rings is 3. The molecule has 1 unspecified atom stereocenters. The highest BCUT2D eigenvalue weighted by atomic mass is 32.2. The van der Waals surface area contributed by atoms with Crippen molar-refractivity contribution in [3.05, 3.63) is 95.1 Å². The average molecular weight is 566 g/mol. The van der Waals surface area contributed by atoms with E-state index in [1.807, 2.05) is 82.3 Å². The van der Waals surface area contributed by atoms with Crippen molar-refractivity contribution in [2.75, 3.05) is 24.2 Å². The molecule has 0 fully saturated rings. The summed E-state index contributed by atoms with van der Waals surface area (Å²) in [5.41, 5.74) is 3.79. The molecule has 0 aliphatic rings. The molecule has 1 N–H and O–H groups in total. The second kappa shape index (κ2) is 13.5. The molecule has 0 bridgehead atoms. The van der Waals surface area contributed by atoms with Crippen LogP contribution in [0.2, 0.25) is 0 Å². The van der Waals surface area contributed by atoms with Crippen molar-refractivity contribution < 1.29 is 22.7 Å². The molecule has 0 aromatic heterocycles. The fourth-order valence-corrected chi connectivity index (χ4v) is 5.34. The highest BCUT2D eigenvalue weighted by Crippen LogP contribution is 2.31. The largest absolute Gasteiger partial charge is 0.495 e. The first-order valence-electron chi connectivity index (χ1n) is 13.2. The lowest BCUT2D eigenvalue weighted by molar-refractivity contribution is -0.140. The summed E-state index contributed by atoms with van der Waals surface area (Å²) < 4.78 is 32.6. The third-order valence-corrected chi connectivity index (χ3v) is 7.71. The number of hydrogen-bond donors (Lipinski definition) is 1. The third kappa shape index (κ3) is 8.08. The second-order valence-corrected chi connectivity index (χ2v) is 12.2. The number of ether oxygens (including phenoxy) is 1. The van der Waals surface area contributed by atoms with Crippen molar-refractivity contribution in [1.29, 1.82) is 0 Å². The van der Waals surface area contributed by atoms with Crippen LogP contribution in [0.4, 0.5) is 5.69 Å². The monoisotopic (exact) mass is 565 g/mol. The Morgan fingerprint density at radius 2 is 1.60 bits per heavy atom. The zero-order valence-electron chi connectivity index (χ0n) is 24.0. The van der Waals surface area contributed by atoms with Crippen LogP contribution in [0.15, 0.2) is 72.8 Å². The zero-order valence-corrected chi connectivity index (χ0v) is 24.9. The summed E-state index contributed by atoms with van der Waals surface area (Å²) in [6.45, 7) is 7.14. The first-order chi connectivity index (χ1) is 18.9. The van der Waals surface area contributed by atoms with Gasteiger partial charge < -0.3 is 15.0 Å². The van der Waals surface area contributed by atoms with Gasteiger partial charge in [-0.3, -0.25) is 13.9 Å². The molecule has 3 rings (SSSR count). The molecule has 0 aliphatic heterocycles. The summed E-state index contributed by atoms with van der Waals surface area (Å²) in [5, 5.41) is 2.96. The summed E-state index contributed by atoms with van der Waals surface area (Å²) >= 11 is 0. The summed E-state index contributed by atoms with van der Waals surface area (Å²) in [7, 11) is -2.44. The normalized spacial score (nSPS) is 12.1. The van der Waals surface area contributed by atoms with Gasteiger partial charge in [-0.15, -0.1) is 0 Å². The maximum Gasteiger partial charge on any atom is 0.244 e.